The lowest BCUT2D eigenvalue weighted by Gasteiger charge is -2.43. The Hall–Kier alpha value is -1.96. The van der Waals surface area contributed by atoms with Crippen LogP contribution in [0.25, 0.3) is 0 Å². The summed E-state index contributed by atoms with van der Waals surface area (Å²) in [6.45, 7) is 2.91. The summed E-state index contributed by atoms with van der Waals surface area (Å²) in [5.74, 6) is 0.123. The number of hydrogen-bond acceptors (Lipinski definition) is 5. The fourth-order valence-corrected chi connectivity index (χ4v) is 3.63. The largest absolute Gasteiger partial charge is 0.377 e. The van der Waals surface area contributed by atoms with Crippen molar-refractivity contribution in [3.8, 4) is 0 Å². The number of carbonyl (C=O) groups excluding carboxylic acids is 1. The predicted molar refractivity (Wildman–Crippen MR) is 87.3 cm³/mol. The Labute approximate surface area is 141 Å². The summed E-state index contributed by atoms with van der Waals surface area (Å²) in [4.78, 5) is 23.5. The van der Waals surface area contributed by atoms with Gasteiger partial charge < -0.3 is 19.9 Å². The summed E-state index contributed by atoms with van der Waals surface area (Å²) in [6.07, 6.45) is 5.28. The zero-order chi connectivity index (χ0) is 17.2. The highest BCUT2D eigenvalue weighted by Gasteiger charge is 2.47. The minimum absolute atomic E-state index is 0.0183. The standard InChI is InChI=1S/C16H24FN5O2/c1-21(2)15(23)18-6-4-16-5-8-24-13(16)3-7-22(11-16)14-19-9-12(17)10-20-14/h9-10,13H,3-8,11H2,1-2H3,(H,18,23)/t13-,16+/m0/s1. The molecule has 1 N–H and O–H groups in total. The lowest BCUT2D eigenvalue weighted by Crippen LogP contribution is -2.51. The number of nitrogens with one attached hydrogen (secondary N) is 1. The van der Waals surface area contributed by atoms with Gasteiger partial charge in [-0.25, -0.2) is 19.2 Å². The Morgan fingerprint density at radius 1 is 1.50 bits per heavy atom. The molecule has 0 bridgehead atoms. The van der Waals surface area contributed by atoms with Crippen molar-refractivity contribution in [1.82, 2.24) is 20.2 Å². The molecule has 2 amide bonds. The van der Waals surface area contributed by atoms with Gasteiger partial charge in [0.2, 0.25) is 5.95 Å². The van der Waals surface area contributed by atoms with Gasteiger partial charge in [0.05, 0.1) is 18.5 Å². The second-order valence-corrected chi connectivity index (χ2v) is 6.76. The Morgan fingerprint density at radius 2 is 2.25 bits per heavy atom. The Balaban J connectivity index is 1.67. The molecule has 0 unspecified atom stereocenters. The number of rotatable bonds is 4. The second kappa shape index (κ2) is 6.88. The SMILES string of the molecule is CN(C)C(=O)NCC[C@]12CCO[C@H]1CCN(c1ncc(F)cn1)C2. The van der Waals surface area contributed by atoms with E-state index in [0.717, 1.165) is 39.0 Å². The third-order valence-corrected chi connectivity index (χ3v) is 4.96. The van der Waals surface area contributed by atoms with Gasteiger partial charge in [0.25, 0.3) is 0 Å². The molecule has 1 aromatic rings. The molecule has 2 fully saturated rings. The first-order valence-electron chi connectivity index (χ1n) is 8.29. The highest BCUT2D eigenvalue weighted by molar-refractivity contribution is 5.73. The Kier molecular flexibility index (Phi) is 4.84. The number of fused-ring (bicyclic) bond motifs is 1. The summed E-state index contributed by atoms with van der Waals surface area (Å²) in [5, 5.41) is 2.93. The molecule has 0 radical (unpaired) electrons. The van der Waals surface area contributed by atoms with E-state index in [1.807, 2.05) is 0 Å². The maximum Gasteiger partial charge on any atom is 0.316 e. The molecule has 132 valence electrons. The van der Waals surface area contributed by atoms with Crippen molar-refractivity contribution in [2.24, 2.45) is 5.41 Å². The molecule has 3 rings (SSSR count). The van der Waals surface area contributed by atoms with Gasteiger partial charge in [-0.05, 0) is 19.3 Å². The molecule has 0 spiro atoms. The monoisotopic (exact) mass is 337 g/mol. The number of carbonyl (C=O) groups is 1. The van der Waals surface area contributed by atoms with Crippen LogP contribution in [0.3, 0.4) is 0 Å². The van der Waals surface area contributed by atoms with Crippen LogP contribution in [0.4, 0.5) is 15.1 Å². The average molecular weight is 337 g/mol. The molecule has 2 saturated heterocycles. The smallest absolute Gasteiger partial charge is 0.316 e. The van der Waals surface area contributed by atoms with Crippen molar-refractivity contribution in [3.05, 3.63) is 18.2 Å². The van der Waals surface area contributed by atoms with Crippen LogP contribution in [0.5, 0.6) is 0 Å². The number of nitrogens with zero attached hydrogens (tertiary/aromatic N) is 4. The first-order valence-corrected chi connectivity index (χ1v) is 8.29. The van der Waals surface area contributed by atoms with E-state index < -0.39 is 5.82 Å². The number of urea groups is 1. The van der Waals surface area contributed by atoms with Gasteiger partial charge in [-0.15, -0.1) is 0 Å². The molecule has 2 atom stereocenters. The first kappa shape index (κ1) is 16.9. The van der Waals surface area contributed by atoms with Crippen LogP contribution >= 0.6 is 0 Å². The molecule has 8 heteroatoms. The van der Waals surface area contributed by atoms with Gasteiger partial charge in [0.1, 0.15) is 0 Å². The first-order chi connectivity index (χ1) is 11.5. The summed E-state index contributed by atoms with van der Waals surface area (Å²) in [6, 6.07) is -0.0867. The summed E-state index contributed by atoms with van der Waals surface area (Å²) >= 11 is 0. The maximum atomic E-state index is 13.0. The van der Waals surface area contributed by atoms with Crippen molar-refractivity contribution in [3.63, 3.8) is 0 Å². The topological polar surface area (TPSA) is 70.6 Å². The second-order valence-electron chi connectivity index (χ2n) is 6.76. The van der Waals surface area contributed by atoms with Crippen LogP contribution in [-0.4, -0.2) is 67.3 Å². The lowest BCUT2D eigenvalue weighted by atomic mass is 9.74. The Bertz CT molecular complexity index is 582. The van der Waals surface area contributed by atoms with Crippen molar-refractivity contribution in [2.75, 3.05) is 45.2 Å². The minimum atomic E-state index is -0.432. The van der Waals surface area contributed by atoms with Crippen molar-refractivity contribution < 1.29 is 13.9 Å². The van der Waals surface area contributed by atoms with Crippen molar-refractivity contribution in [1.29, 1.82) is 0 Å². The number of anilines is 1. The zero-order valence-electron chi connectivity index (χ0n) is 14.2. The van der Waals surface area contributed by atoms with Crippen LogP contribution in [0.15, 0.2) is 12.4 Å². The maximum absolute atomic E-state index is 13.0. The van der Waals surface area contributed by atoms with E-state index in [1.165, 1.54) is 17.3 Å². The highest BCUT2D eigenvalue weighted by Crippen LogP contribution is 2.43. The minimum Gasteiger partial charge on any atom is -0.377 e. The summed E-state index contributed by atoms with van der Waals surface area (Å²) in [7, 11) is 3.45. The van der Waals surface area contributed by atoms with Gasteiger partial charge in [-0.3, -0.25) is 0 Å². The quantitative estimate of drug-likeness (QED) is 0.896. The predicted octanol–water partition coefficient (Wildman–Crippen LogP) is 1.26. The van der Waals surface area contributed by atoms with E-state index in [-0.39, 0.29) is 17.6 Å². The van der Waals surface area contributed by atoms with Gasteiger partial charge in [0.15, 0.2) is 5.82 Å². The third kappa shape index (κ3) is 3.43. The van der Waals surface area contributed by atoms with E-state index in [2.05, 4.69) is 20.2 Å². The summed E-state index contributed by atoms with van der Waals surface area (Å²) < 4.78 is 19.0. The van der Waals surface area contributed by atoms with Crippen LogP contribution < -0.4 is 10.2 Å². The van der Waals surface area contributed by atoms with E-state index in [1.54, 1.807) is 14.1 Å². The fourth-order valence-electron chi connectivity index (χ4n) is 3.63. The van der Waals surface area contributed by atoms with Gasteiger partial charge in [-0.2, -0.15) is 0 Å². The van der Waals surface area contributed by atoms with E-state index in [4.69, 9.17) is 4.74 Å². The lowest BCUT2D eigenvalue weighted by molar-refractivity contribution is 0.0287. The van der Waals surface area contributed by atoms with Crippen LogP contribution in [0, 0.1) is 11.2 Å². The van der Waals surface area contributed by atoms with Gasteiger partial charge in [0, 0.05) is 45.8 Å². The molecule has 3 heterocycles. The fraction of sp³-hybridized carbons (Fsp3) is 0.688. The van der Waals surface area contributed by atoms with E-state index >= 15 is 0 Å². The zero-order valence-corrected chi connectivity index (χ0v) is 14.2. The van der Waals surface area contributed by atoms with E-state index in [0.29, 0.717) is 12.5 Å². The molecule has 2 aliphatic heterocycles. The number of hydrogen-bond donors (Lipinski definition) is 1. The van der Waals surface area contributed by atoms with Gasteiger partial charge in [-0.1, -0.05) is 0 Å². The van der Waals surface area contributed by atoms with E-state index in [9.17, 15) is 9.18 Å². The van der Waals surface area contributed by atoms with Crippen LogP contribution in [-0.2, 0) is 4.74 Å². The molecular weight excluding hydrogens is 313 g/mol. The molecular formula is C16H24FN5O2. The molecule has 0 saturated carbocycles. The van der Waals surface area contributed by atoms with Crippen LogP contribution in [0.2, 0.25) is 0 Å². The normalized spacial score (nSPS) is 26.1. The third-order valence-electron chi connectivity index (χ3n) is 4.96. The van der Waals surface area contributed by atoms with Crippen molar-refractivity contribution in [2.45, 2.75) is 25.4 Å². The van der Waals surface area contributed by atoms with Crippen LogP contribution in [0.1, 0.15) is 19.3 Å². The average Bonchev–Trinajstić information content (AvgIpc) is 2.98. The van der Waals surface area contributed by atoms with Crippen molar-refractivity contribution >= 4 is 12.0 Å². The number of amides is 2. The molecule has 24 heavy (non-hydrogen) atoms. The Morgan fingerprint density at radius 3 is 2.96 bits per heavy atom. The molecule has 0 aromatic carbocycles. The summed E-state index contributed by atoms with van der Waals surface area (Å²) in [5.41, 5.74) is -0.0183. The number of piperidine rings is 1. The number of halogens is 1. The molecule has 1 aromatic heterocycles. The number of aromatic nitrogens is 2. The number of ether oxygens (including phenoxy) is 1. The van der Waals surface area contributed by atoms with Gasteiger partial charge >= 0.3 is 6.03 Å². The molecule has 2 aliphatic rings. The molecule has 0 aliphatic carbocycles. The molecule has 7 nitrogen and oxygen atoms in total. The highest BCUT2D eigenvalue weighted by atomic mass is 19.1.